The normalized spacial score (nSPS) is 10.6. The molecule has 1 aromatic heterocycles. The van der Waals surface area contributed by atoms with Crippen LogP contribution in [0, 0.1) is 6.92 Å². The molecule has 0 fully saturated rings. The predicted molar refractivity (Wildman–Crippen MR) is 104 cm³/mol. The van der Waals surface area contributed by atoms with Gasteiger partial charge < -0.3 is 14.9 Å². The van der Waals surface area contributed by atoms with Gasteiger partial charge in [0.25, 0.3) is 0 Å². The van der Waals surface area contributed by atoms with Crippen LogP contribution in [-0.4, -0.2) is 21.5 Å². The van der Waals surface area contributed by atoms with Crippen LogP contribution < -0.4 is 14.9 Å². The first kappa shape index (κ1) is 18.3. The first-order valence-electron chi connectivity index (χ1n) is 8.38. The van der Waals surface area contributed by atoms with Gasteiger partial charge in [-0.05, 0) is 42.7 Å². The number of halogens is 1. The van der Waals surface area contributed by atoms with E-state index < -0.39 is 0 Å². The van der Waals surface area contributed by atoms with Gasteiger partial charge in [-0.25, -0.2) is 4.68 Å². The highest BCUT2D eigenvalue weighted by Crippen LogP contribution is 2.34. The van der Waals surface area contributed by atoms with Crippen LogP contribution in [0.1, 0.15) is 23.6 Å². The minimum atomic E-state index is 0.498. The molecule has 0 atom stereocenters. The van der Waals surface area contributed by atoms with Crippen molar-refractivity contribution in [3.63, 3.8) is 0 Å². The molecule has 0 bridgehead atoms. The third-order valence-corrected chi connectivity index (χ3v) is 4.67. The van der Waals surface area contributed by atoms with E-state index in [2.05, 4.69) is 50.6 Å². The van der Waals surface area contributed by atoms with Crippen molar-refractivity contribution in [1.82, 2.24) is 14.9 Å². The summed E-state index contributed by atoms with van der Waals surface area (Å²) < 4.78 is 14.5. The van der Waals surface area contributed by atoms with E-state index in [1.807, 2.05) is 31.2 Å². The van der Waals surface area contributed by atoms with Crippen molar-refractivity contribution in [3.8, 4) is 11.5 Å². The summed E-state index contributed by atoms with van der Waals surface area (Å²) >= 11 is 3.62. The summed E-state index contributed by atoms with van der Waals surface area (Å²) in [6.45, 7) is 5.70. The Morgan fingerprint density at radius 1 is 1.04 bits per heavy atom. The molecule has 1 N–H and O–H groups in total. The lowest BCUT2D eigenvalue weighted by Crippen LogP contribution is -2.13. The van der Waals surface area contributed by atoms with Gasteiger partial charge in [0.05, 0.1) is 13.2 Å². The van der Waals surface area contributed by atoms with Crippen LogP contribution in [0.25, 0.3) is 0 Å². The first-order chi connectivity index (χ1) is 12.7. The summed E-state index contributed by atoms with van der Waals surface area (Å²) in [5.74, 6) is 1.44. The van der Waals surface area contributed by atoms with E-state index in [1.165, 1.54) is 5.56 Å². The molecule has 0 aliphatic heterocycles. The second-order valence-electron chi connectivity index (χ2n) is 5.74. The summed E-state index contributed by atoms with van der Waals surface area (Å²) in [5, 5.41) is 7.54. The Hall–Kier alpha value is -2.54. The number of ether oxygens (including phenoxy) is 2. The average molecular weight is 417 g/mol. The van der Waals surface area contributed by atoms with E-state index in [9.17, 15) is 0 Å². The van der Waals surface area contributed by atoms with E-state index in [1.54, 1.807) is 17.3 Å². The molecule has 7 heteroatoms. The fraction of sp³-hybridized carbons (Fsp3) is 0.263. The van der Waals surface area contributed by atoms with Crippen molar-refractivity contribution in [2.24, 2.45) is 0 Å². The molecule has 0 amide bonds. The van der Waals surface area contributed by atoms with Crippen molar-refractivity contribution in [2.45, 2.75) is 27.0 Å². The van der Waals surface area contributed by atoms with Gasteiger partial charge in [-0.2, -0.15) is 0 Å². The maximum absolute atomic E-state index is 6.04. The fourth-order valence-electron chi connectivity index (χ4n) is 2.48. The van der Waals surface area contributed by atoms with Gasteiger partial charge in [0.2, 0.25) is 0 Å². The Morgan fingerprint density at radius 3 is 2.50 bits per heavy atom. The maximum Gasteiger partial charge on any atom is 0.162 e. The molecular weight excluding hydrogens is 396 g/mol. The second-order valence-corrected chi connectivity index (χ2v) is 6.60. The van der Waals surface area contributed by atoms with E-state index in [0.717, 1.165) is 27.1 Å². The lowest BCUT2D eigenvalue weighted by Gasteiger charge is -2.16. The van der Waals surface area contributed by atoms with Gasteiger partial charge in [-0.1, -0.05) is 40.2 Å². The van der Waals surface area contributed by atoms with E-state index in [0.29, 0.717) is 19.8 Å². The highest BCUT2D eigenvalue weighted by molar-refractivity contribution is 9.10. The van der Waals surface area contributed by atoms with Gasteiger partial charge in [-0.3, -0.25) is 0 Å². The predicted octanol–water partition coefficient (Wildman–Crippen LogP) is 4.07. The molecule has 0 unspecified atom stereocenters. The lowest BCUT2D eigenvalue weighted by atomic mass is 10.1. The molecule has 0 spiro atoms. The second kappa shape index (κ2) is 8.71. The smallest absolute Gasteiger partial charge is 0.162 e. The van der Waals surface area contributed by atoms with Crippen molar-refractivity contribution in [3.05, 3.63) is 70.2 Å². The summed E-state index contributed by atoms with van der Waals surface area (Å²) in [7, 11) is 0. The molecule has 0 saturated heterocycles. The highest BCUT2D eigenvalue weighted by atomic mass is 79.9. The Balaban J connectivity index is 1.76. The molecule has 136 valence electrons. The standard InChI is InChI=1S/C19H21BrN4O2/c1-3-25-18-8-16(10-23-24-12-21-22-13-24)17(20)9-19(18)26-11-15-7-5-4-6-14(15)2/h4-9,12-13,23H,3,10-11H2,1-2H3. The quantitative estimate of drug-likeness (QED) is 0.599. The highest BCUT2D eigenvalue weighted by Gasteiger charge is 2.12. The molecule has 3 aromatic rings. The van der Waals surface area contributed by atoms with Crippen molar-refractivity contribution < 1.29 is 9.47 Å². The van der Waals surface area contributed by atoms with Crippen molar-refractivity contribution >= 4 is 15.9 Å². The molecule has 1 heterocycles. The molecule has 2 aromatic carbocycles. The monoisotopic (exact) mass is 416 g/mol. The third kappa shape index (κ3) is 4.54. The van der Waals surface area contributed by atoms with Crippen LogP contribution in [0.3, 0.4) is 0 Å². The molecule has 6 nitrogen and oxygen atoms in total. The zero-order chi connectivity index (χ0) is 18.4. The number of hydrogen-bond acceptors (Lipinski definition) is 5. The van der Waals surface area contributed by atoms with E-state index in [4.69, 9.17) is 9.47 Å². The topological polar surface area (TPSA) is 61.2 Å². The van der Waals surface area contributed by atoms with Crippen LogP contribution >= 0.6 is 15.9 Å². The Labute approximate surface area is 161 Å². The number of hydrogen-bond donors (Lipinski definition) is 1. The van der Waals surface area contributed by atoms with Gasteiger partial charge in [0.15, 0.2) is 11.5 Å². The lowest BCUT2D eigenvalue weighted by molar-refractivity contribution is 0.268. The summed E-state index contributed by atoms with van der Waals surface area (Å²) in [4.78, 5) is 0. The number of nitrogens with zero attached hydrogens (tertiary/aromatic N) is 3. The number of rotatable bonds is 8. The van der Waals surface area contributed by atoms with Crippen LogP contribution in [0.4, 0.5) is 0 Å². The Bertz CT molecular complexity index is 853. The molecule has 0 radical (unpaired) electrons. The molecule has 3 rings (SSSR count). The molecule has 26 heavy (non-hydrogen) atoms. The largest absolute Gasteiger partial charge is 0.490 e. The Morgan fingerprint density at radius 2 is 1.77 bits per heavy atom. The van der Waals surface area contributed by atoms with E-state index in [-0.39, 0.29) is 0 Å². The number of benzene rings is 2. The van der Waals surface area contributed by atoms with Gasteiger partial charge in [0, 0.05) is 4.47 Å². The molecule has 0 aliphatic rings. The van der Waals surface area contributed by atoms with Gasteiger partial charge in [0.1, 0.15) is 19.3 Å². The molecule has 0 saturated carbocycles. The summed E-state index contributed by atoms with van der Waals surface area (Å²) in [5.41, 5.74) is 6.61. The number of aromatic nitrogens is 3. The van der Waals surface area contributed by atoms with Crippen LogP contribution in [-0.2, 0) is 13.2 Å². The van der Waals surface area contributed by atoms with Crippen LogP contribution in [0.5, 0.6) is 11.5 Å². The number of aryl methyl sites for hydroxylation is 1. The third-order valence-electron chi connectivity index (χ3n) is 3.93. The average Bonchev–Trinajstić information content (AvgIpc) is 3.15. The van der Waals surface area contributed by atoms with Crippen molar-refractivity contribution in [2.75, 3.05) is 12.0 Å². The first-order valence-corrected chi connectivity index (χ1v) is 9.17. The summed E-state index contributed by atoms with van der Waals surface area (Å²) in [6, 6.07) is 12.1. The zero-order valence-corrected chi connectivity index (χ0v) is 16.4. The van der Waals surface area contributed by atoms with Gasteiger partial charge in [-0.15, -0.1) is 10.2 Å². The van der Waals surface area contributed by atoms with Gasteiger partial charge >= 0.3 is 0 Å². The fourth-order valence-corrected chi connectivity index (χ4v) is 2.94. The van der Waals surface area contributed by atoms with Crippen molar-refractivity contribution in [1.29, 1.82) is 0 Å². The molecular formula is C19H21BrN4O2. The van der Waals surface area contributed by atoms with Crippen LogP contribution in [0.2, 0.25) is 0 Å². The number of nitrogens with one attached hydrogen (secondary N) is 1. The molecule has 0 aliphatic carbocycles. The maximum atomic E-state index is 6.04. The Kier molecular flexibility index (Phi) is 6.12. The van der Waals surface area contributed by atoms with E-state index >= 15 is 0 Å². The van der Waals surface area contributed by atoms with Crippen LogP contribution in [0.15, 0.2) is 53.5 Å². The zero-order valence-electron chi connectivity index (χ0n) is 14.8. The minimum Gasteiger partial charge on any atom is -0.490 e. The SMILES string of the molecule is CCOc1cc(CNn2cnnc2)c(Br)cc1OCc1ccccc1C. The minimum absolute atomic E-state index is 0.498. The summed E-state index contributed by atoms with van der Waals surface area (Å²) in [6.07, 6.45) is 3.22.